The Morgan fingerprint density at radius 1 is 1.03 bits per heavy atom. The number of carbonyl (C=O) groups excluding carboxylic acids is 2. The maximum Gasteiger partial charge on any atom is 0.255 e. The van der Waals surface area contributed by atoms with Crippen molar-refractivity contribution in [1.29, 1.82) is 0 Å². The molecule has 2 amide bonds. The Balaban J connectivity index is 1.15. The van der Waals surface area contributed by atoms with Gasteiger partial charge in [0, 0.05) is 30.4 Å². The standard InChI is InChI=1S/C25H27N5O4/c31-23(27-18-4-2-1-3-5-18)16-30-10-8-19(9-11-30)28-25(32)20-15-26-29-24(20)17-6-7-21-22(14-17)34-13-12-33-21/h1-7,14-15,19H,8-13,16H2,(H,26,29)(H,27,31)(H,28,32). The number of benzene rings is 2. The lowest BCUT2D eigenvalue weighted by molar-refractivity contribution is -0.117. The number of piperidine rings is 1. The van der Waals surface area contributed by atoms with Gasteiger partial charge in [-0.05, 0) is 43.2 Å². The number of ether oxygens (including phenoxy) is 2. The van der Waals surface area contributed by atoms with Crippen LogP contribution in [0.1, 0.15) is 23.2 Å². The highest BCUT2D eigenvalue weighted by molar-refractivity contribution is 6.00. The van der Waals surface area contributed by atoms with Gasteiger partial charge in [-0.15, -0.1) is 0 Å². The third kappa shape index (κ3) is 5.04. The minimum atomic E-state index is -0.168. The van der Waals surface area contributed by atoms with E-state index in [9.17, 15) is 9.59 Å². The molecule has 9 nitrogen and oxygen atoms in total. The minimum absolute atomic E-state index is 0.0313. The molecule has 2 aliphatic heterocycles. The highest BCUT2D eigenvalue weighted by Gasteiger charge is 2.25. The van der Waals surface area contributed by atoms with E-state index >= 15 is 0 Å². The van der Waals surface area contributed by atoms with Gasteiger partial charge in [-0.2, -0.15) is 5.10 Å². The Morgan fingerprint density at radius 2 is 1.79 bits per heavy atom. The number of likely N-dealkylation sites (tertiary alicyclic amines) is 1. The van der Waals surface area contributed by atoms with Gasteiger partial charge in [0.2, 0.25) is 5.91 Å². The van der Waals surface area contributed by atoms with E-state index in [1.165, 1.54) is 0 Å². The Labute approximate surface area is 197 Å². The fraction of sp³-hybridized carbons (Fsp3) is 0.320. The molecule has 1 aromatic heterocycles. The molecule has 34 heavy (non-hydrogen) atoms. The molecule has 0 aliphatic carbocycles. The van der Waals surface area contributed by atoms with Gasteiger partial charge in [0.25, 0.3) is 5.91 Å². The van der Waals surface area contributed by atoms with Gasteiger partial charge in [0.15, 0.2) is 11.5 Å². The Hall–Kier alpha value is -3.85. The maximum absolute atomic E-state index is 13.0. The highest BCUT2D eigenvalue weighted by Crippen LogP contribution is 2.34. The number of nitrogens with zero attached hydrogens (tertiary/aromatic N) is 2. The number of H-pyrrole nitrogens is 1. The van der Waals surface area contributed by atoms with Crippen LogP contribution in [0.5, 0.6) is 11.5 Å². The second kappa shape index (κ2) is 9.96. The third-order valence-corrected chi connectivity index (χ3v) is 6.06. The summed E-state index contributed by atoms with van der Waals surface area (Å²) in [6, 6.07) is 15.1. The second-order valence-corrected chi connectivity index (χ2v) is 8.46. The van der Waals surface area contributed by atoms with Crippen LogP contribution in [0.25, 0.3) is 11.3 Å². The van der Waals surface area contributed by atoms with Crippen LogP contribution >= 0.6 is 0 Å². The summed E-state index contributed by atoms with van der Waals surface area (Å²) < 4.78 is 11.2. The van der Waals surface area contributed by atoms with E-state index in [-0.39, 0.29) is 17.9 Å². The molecule has 0 spiro atoms. The number of anilines is 1. The van der Waals surface area contributed by atoms with E-state index in [2.05, 4.69) is 25.7 Å². The minimum Gasteiger partial charge on any atom is -0.486 e. The number of carbonyl (C=O) groups is 2. The molecule has 176 valence electrons. The summed E-state index contributed by atoms with van der Waals surface area (Å²) in [7, 11) is 0. The second-order valence-electron chi connectivity index (χ2n) is 8.46. The molecule has 1 fully saturated rings. The molecular formula is C25H27N5O4. The maximum atomic E-state index is 13.0. The van der Waals surface area contributed by atoms with Crippen LogP contribution in [0.3, 0.4) is 0 Å². The van der Waals surface area contributed by atoms with Crippen LogP contribution in [0.15, 0.2) is 54.7 Å². The molecule has 3 aromatic rings. The largest absolute Gasteiger partial charge is 0.486 e. The number of nitrogens with one attached hydrogen (secondary N) is 3. The zero-order valence-electron chi connectivity index (χ0n) is 18.8. The summed E-state index contributed by atoms with van der Waals surface area (Å²) in [6.45, 7) is 2.85. The lowest BCUT2D eigenvalue weighted by Gasteiger charge is -2.31. The number of hydrogen-bond acceptors (Lipinski definition) is 6. The molecule has 0 atom stereocenters. The van der Waals surface area contributed by atoms with Gasteiger partial charge in [0.05, 0.1) is 24.0 Å². The van der Waals surface area contributed by atoms with Crippen molar-refractivity contribution in [1.82, 2.24) is 20.4 Å². The first-order valence-corrected chi connectivity index (χ1v) is 11.5. The number of fused-ring (bicyclic) bond motifs is 1. The first-order valence-electron chi connectivity index (χ1n) is 11.5. The monoisotopic (exact) mass is 461 g/mol. The van der Waals surface area contributed by atoms with Crippen molar-refractivity contribution in [2.75, 3.05) is 38.2 Å². The molecule has 9 heteroatoms. The first kappa shape index (κ1) is 22.0. The molecule has 0 bridgehead atoms. The normalized spacial score (nSPS) is 16.1. The van der Waals surface area contributed by atoms with Crippen molar-refractivity contribution < 1.29 is 19.1 Å². The lowest BCUT2D eigenvalue weighted by Crippen LogP contribution is -2.46. The van der Waals surface area contributed by atoms with Gasteiger partial charge >= 0.3 is 0 Å². The smallest absolute Gasteiger partial charge is 0.255 e. The van der Waals surface area contributed by atoms with Crippen LogP contribution in [0.2, 0.25) is 0 Å². The SMILES string of the molecule is O=C(CN1CCC(NC(=O)c2cn[nH]c2-c2ccc3c(c2)OCCO3)CC1)Nc1ccccc1. The number of rotatable bonds is 6. The van der Waals surface area contributed by atoms with Crippen molar-refractivity contribution in [3.05, 3.63) is 60.3 Å². The van der Waals surface area contributed by atoms with E-state index in [4.69, 9.17) is 9.47 Å². The van der Waals surface area contributed by atoms with Crippen molar-refractivity contribution in [2.45, 2.75) is 18.9 Å². The van der Waals surface area contributed by atoms with Gasteiger partial charge in [0.1, 0.15) is 13.2 Å². The molecule has 5 rings (SSSR count). The van der Waals surface area contributed by atoms with Crippen LogP contribution in [-0.2, 0) is 4.79 Å². The molecule has 2 aliphatic rings. The molecule has 0 radical (unpaired) electrons. The van der Waals surface area contributed by atoms with Crippen LogP contribution in [-0.4, -0.2) is 65.8 Å². The predicted octanol–water partition coefficient (Wildman–Crippen LogP) is 2.68. The Bertz CT molecular complexity index is 1160. The van der Waals surface area contributed by atoms with Crippen molar-refractivity contribution in [2.24, 2.45) is 0 Å². The van der Waals surface area contributed by atoms with E-state index in [1.807, 2.05) is 48.5 Å². The topological polar surface area (TPSA) is 109 Å². The predicted molar refractivity (Wildman–Crippen MR) is 127 cm³/mol. The molecule has 0 unspecified atom stereocenters. The first-order chi connectivity index (χ1) is 16.7. The Morgan fingerprint density at radius 3 is 2.59 bits per heavy atom. The Kier molecular flexibility index (Phi) is 6.44. The summed E-state index contributed by atoms with van der Waals surface area (Å²) in [5.41, 5.74) is 2.74. The summed E-state index contributed by atoms with van der Waals surface area (Å²) in [4.78, 5) is 27.4. The van der Waals surface area contributed by atoms with Crippen LogP contribution in [0.4, 0.5) is 5.69 Å². The molecule has 2 aromatic carbocycles. The molecule has 0 saturated carbocycles. The summed E-state index contributed by atoms with van der Waals surface area (Å²) in [6.07, 6.45) is 3.10. The van der Waals surface area contributed by atoms with Crippen molar-refractivity contribution in [3.63, 3.8) is 0 Å². The summed E-state index contributed by atoms with van der Waals surface area (Å²) in [5, 5.41) is 13.1. The number of para-hydroxylation sites is 1. The van der Waals surface area contributed by atoms with Crippen molar-refractivity contribution in [3.8, 4) is 22.8 Å². The average Bonchev–Trinajstić information content (AvgIpc) is 3.36. The lowest BCUT2D eigenvalue weighted by atomic mass is 10.0. The van der Waals surface area contributed by atoms with Gasteiger partial charge in [-0.1, -0.05) is 18.2 Å². The third-order valence-electron chi connectivity index (χ3n) is 6.06. The summed E-state index contributed by atoms with van der Waals surface area (Å²) >= 11 is 0. The van der Waals surface area contributed by atoms with E-state index in [0.717, 1.165) is 37.2 Å². The number of hydrogen-bond donors (Lipinski definition) is 3. The molecule has 1 saturated heterocycles. The molecule has 3 N–H and O–H groups in total. The van der Waals surface area contributed by atoms with E-state index in [0.29, 0.717) is 42.5 Å². The van der Waals surface area contributed by atoms with E-state index < -0.39 is 0 Å². The average molecular weight is 462 g/mol. The molecular weight excluding hydrogens is 434 g/mol. The van der Waals surface area contributed by atoms with Crippen LogP contribution in [0, 0.1) is 0 Å². The number of aromatic amines is 1. The van der Waals surface area contributed by atoms with E-state index in [1.54, 1.807) is 6.20 Å². The fourth-order valence-corrected chi connectivity index (χ4v) is 4.30. The zero-order valence-corrected chi connectivity index (χ0v) is 18.8. The van der Waals surface area contributed by atoms with Crippen molar-refractivity contribution >= 4 is 17.5 Å². The zero-order chi connectivity index (χ0) is 23.3. The van der Waals surface area contributed by atoms with Gasteiger partial charge < -0.3 is 20.1 Å². The summed E-state index contributed by atoms with van der Waals surface area (Å²) in [5.74, 6) is 1.16. The number of aromatic nitrogens is 2. The number of amides is 2. The van der Waals surface area contributed by atoms with Gasteiger partial charge in [-0.25, -0.2) is 0 Å². The van der Waals surface area contributed by atoms with Gasteiger partial charge in [-0.3, -0.25) is 19.6 Å². The quantitative estimate of drug-likeness (QED) is 0.521. The molecule has 3 heterocycles. The fourth-order valence-electron chi connectivity index (χ4n) is 4.30. The van der Waals surface area contributed by atoms with Crippen LogP contribution < -0.4 is 20.1 Å². The highest BCUT2D eigenvalue weighted by atomic mass is 16.6.